The maximum atomic E-state index is 13.2. The van der Waals surface area contributed by atoms with Gasteiger partial charge in [-0.3, -0.25) is 9.69 Å². The molecule has 0 saturated carbocycles. The molecule has 2 aliphatic heterocycles. The van der Waals surface area contributed by atoms with Crippen LogP contribution in [0.3, 0.4) is 0 Å². The molecule has 3 aromatic rings. The van der Waals surface area contributed by atoms with Crippen molar-refractivity contribution >= 4 is 46.4 Å². The van der Waals surface area contributed by atoms with Gasteiger partial charge in [-0.1, -0.05) is 23.2 Å². The van der Waals surface area contributed by atoms with E-state index in [-0.39, 0.29) is 18.0 Å². The van der Waals surface area contributed by atoms with Crippen LogP contribution in [0, 0.1) is 0 Å². The third-order valence-electron chi connectivity index (χ3n) is 7.36. The summed E-state index contributed by atoms with van der Waals surface area (Å²) < 4.78 is 44.8. The van der Waals surface area contributed by atoms with Crippen molar-refractivity contribution < 1.29 is 22.7 Å². The number of aromatic nitrogens is 2. The number of hydrogen-bond donors (Lipinski definition) is 2. The highest BCUT2D eigenvalue weighted by Crippen LogP contribution is 2.37. The Hall–Kier alpha value is -2.53. The van der Waals surface area contributed by atoms with Crippen molar-refractivity contribution in [3.8, 4) is 0 Å². The number of ether oxygens (including phenoxy) is 1. The largest absolute Gasteiger partial charge is 0.464 e. The summed E-state index contributed by atoms with van der Waals surface area (Å²) in [5.41, 5.74) is 2.34. The smallest absolute Gasteiger partial charge is 0.434 e. The topological polar surface area (TPSA) is 73.5 Å². The number of alkyl halides is 3. The summed E-state index contributed by atoms with van der Waals surface area (Å²) in [6.07, 6.45) is -2.27. The van der Waals surface area contributed by atoms with Gasteiger partial charge in [0.1, 0.15) is 11.9 Å². The second-order valence-electron chi connectivity index (χ2n) is 9.69. The maximum absolute atomic E-state index is 13.2. The predicted octanol–water partition coefficient (Wildman–Crippen LogP) is 5.54. The molecule has 38 heavy (non-hydrogen) atoms. The first-order valence-corrected chi connectivity index (χ1v) is 13.3. The van der Waals surface area contributed by atoms with Gasteiger partial charge < -0.3 is 19.9 Å². The van der Waals surface area contributed by atoms with Crippen LogP contribution in [0.15, 0.2) is 30.3 Å². The number of carbonyl (C=O) groups is 1. The van der Waals surface area contributed by atoms with Crippen molar-refractivity contribution in [1.29, 1.82) is 0 Å². The maximum Gasteiger partial charge on any atom is 0.434 e. The average molecular weight is 570 g/mol. The lowest BCUT2D eigenvalue weighted by atomic mass is 9.96. The van der Waals surface area contributed by atoms with E-state index in [2.05, 4.69) is 25.1 Å². The number of piperidine rings is 1. The van der Waals surface area contributed by atoms with E-state index in [1.165, 1.54) is 17.7 Å². The second kappa shape index (κ2) is 11.3. The lowest BCUT2D eigenvalue weighted by Crippen LogP contribution is -2.46. The zero-order valence-corrected chi connectivity index (χ0v) is 22.0. The number of fused-ring (bicyclic) bond motifs is 3. The highest BCUT2D eigenvalue weighted by atomic mass is 35.5. The van der Waals surface area contributed by atoms with Gasteiger partial charge in [-0.05, 0) is 55.2 Å². The first-order chi connectivity index (χ1) is 18.2. The summed E-state index contributed by atoms with van der Waals surface area (Å²) in [5.74, 6) is 0.133. The Morgan fingerprint density at radius 1 is 1.16 bits per heavy atom. The van der Waals surface area contributed by atoms with Gasteiger partial charge in [0.2, 0.25) is 0 Å². The number of H-pyrrole nitrogens is 1. The van der Waals surface area contributed by atoms with Gasteiger partial charge in [-0.15, -0.1) is 0 Å². The molecule has 1 saturated heterocycles. The number of carbonyl (C=O) groups excluding carboxylic acids is 1. The Kier molecular flexibility index (Phi) is 8.04. The van der Waals surface area contributed by atoms with E-state index >= 15 is 0 Å². The number of rotatable bonds is 8. The van der Waals surface area contributed by atoms with E-state index in [0.717, 1.165) is 62.0 Å². The first-order valence-electron chi connectivity index (χ1n) is 12.6. The molecule has 4 heterocycles. The van der Waals surface area contributed by atoms with Crippen LogP contribution in [0.5, 0.6) is 0 Å². The fraction of sp³-hybridized carbons (Fsp3) is 0.462. The van der Waals surface area contributed by atoms with E-state index in [1.807, 2.05) is 18.2 Å². The minimum Gasteiger partial charge on any atom is -0.464 e. The normalized spacial score (nSPS) is 19.4. The van der Waals surface area contributed by atoms with Gasteiger partial charge in [0.15, 0.2) is 5.69 Å². The molecule has 204 valence electrons. The minimum atomic E-state index is -4.62. The molecule has 1 fully saturated rings. The molecule has 0 amide bonds. The van der Waals surface area contributed by atoms with Gasteiger partial charge in [0, 0.05) is 60.9 Å². The molecule has 0 spiro atoms. The third-order valence-corrected chi connectivity index (χ3v) is 7.90. The minimum absolute atomic E-state index is 0.0466. The summed E-state index contributed by atoms with van der Waals surface area (Å²) in [6, 6.07) is 8.58. The van der Waals surface area contributed by atoms with Crippen molar-refractivity contribution in [2.24, 2.45) is 0 Å². The zero-order valence-electron chi connectivity index (χ0n) is 20.5. The molecule has 1 aromatic carbocycles. The van der Waals surface area contributed by atoms with E-state index in [0.29, 0.717) is 24.6 Å². The molecule has 2 N–H and O–H groups in total. The molecular weight excluding hydrogens is 542 g/mol. The standard InChI is InChI=1S/C26H28Cl2F3N5O2/c27-16-1-3-21-19(13-16)18-7-11-36(12-8-32-23-4-2-20(28)25(34-23)26(29,30)31)22(24(18)33-21)14-35-9-5-17(6-10-35)38-15-37/h1-4,13,15,17,22,33H,5-12,14H2,(H,32,34). The van der Waals surface area contributed by atoms with Crippen LogP contribution in [0.1, 0.15) is 35.8 Å². The molecule has 2 aliphatic rings. The number of anilines is 1. The van der Waals surface area contributed by atoms with E-state index < -0.39 is 16.9 Å². The van der Waals surface area contributed by atoms with E-state index in [9.17, 15) is 18.0 Å². The lowest BCUT2D eigenvalue weighted by Gasteiger charge is -2.40. The number of aromatic amines is 1. The monoisotopic (exact) mass is 569 g/mol. The molecular formula is C26H28Cl2F3N5O2. The van der Waals surface area contributed by atoms with Gasteiger partial charge in [-0.25, -0.2) is 4.98 Å². The second-order valence-corrected chi connectivity index (χ2v) is 10.5. The van der Waals surface area contributed by atoms with Crippen molar-refractivity contribution in [2.45, 2.75) is 37.6 Å². The number of benzene rings is 1. The predicted molar refractivity (Wildman–Crippen MR) is 141 cm³/mol. The van der Waals surface area contributed by atoms with Crippen LogP contribution in [0.4, 0.5) is 19.0 Å². The fourth-order valence-electron chi connectivity index (χ4n) is 5.48. The van der Waals surface area contributed by atoms with E-state index in [1.54, 1.807) is 0 Å². The molecule has 2 aromatic heterocycles. The van der Waals surface area contributed by atoms with Crippen molar-refractivity contribution in [2.75, 3.05) is 44.6 Å². The Bertz CT molecular complexity index is 1290. The van der Waals surface area contributed by atoms with Crippen LogP contribution in [0.2, 0.25) is 10.0 Å². The number of pyridine rings is 1. The molecule has 12 heteroatoms. The van der Waals surface area contributed by atoms with Crippen LogP contribution >= 0.6 is 23.2 Å². The number of hydrogen-bond acceptors (Lipinski definition) is 6. The highest BCUT2D eigenvalue weighted by molar-refractivity contribution is 6.31. The zero-order chi connectivity index (χ0) is 26.9. The summed E-state index contributed by atoms with van der Waals surface area (Å²) in [5, 5.41) is 4.42. The van der Waals surface area contributed by atoms with Crippen LogP contribution in [0.25, 0.3) is 10.9 Å². The summed E-state index contributed by atoms with van der Waals surface area (Å²) in [6.45, 7) is 4.75. The molecule has 0 radical (unpaired) electrons. The average Bonchev–Trinajstić information content (AvgIpc) is 3.25. The lowest BCUT2D eigenvalue weighted by molar-refractivity contribution is -0.141. The van der Waals surface area contributed by atoms with Crippen molar-refractivity contribution in [3.63, 3.8) is 0 Å². The molecule has 5 rings (SSSR count). The summed E-state index contributed by atoms with van der Waals surface area (Å²) >= 11 is 12.0. The Labute approximate surface area is 228 Å². The Balaban J connectivity index is 1.33. The SMILES string of the molecule is O=COC1CCN(CC2c3[nH]c4ccc(Cl)cc4c3CCN2CCNc2ccc(Cl)c(C(F)(F)F)n2)CC1. The van der Waals surface area contributed by atoms with Crippen molar-refractivity contribution in [3.05, 3.63) is 57.3 Å². The molecule has 7 nitrogen and oxygen atoms in total. The molecule has 0 bridgehead atoms. The van der Waals surface area contributed by atoms with Crippen molar-refractivity contribution in [1.82, 2.24) is 19.8 Å². The number of nitrogens with one attached hydrogen (secondary N) is 2. The third kappa shape index (κ3) is 5.88. The van der Waals surface area contributed by atoms with Crippen LogP contribution in [-0.2, 0) is 22.1 Å². The molecule has 1 unspecified atom stereocenters. The van der Waals surface area contributed by atoms with E-state index in [4.69, 9.17) is 27.9 Å². The van der Waals surface area contributed by atoms with Gasteiger partial charge in [0.05, 0.1) is 11.1 Å². The Morgan fingerprint density at radius 3 is 2.68 bits per heavy atom. The van der Waals surface area contributed by atoms with Crippen LogP contribution in [-0.4, -0.2) is 71.6 Å². The number of halogens is 5. The summed E-state index contributed by atoms with van der Waals surface area (Å²) in [7, 11) is 0. The molecule has 1 atom stereocenters. The number of nitrogens with zero attached hydrogens (tertiary/aromatic N) is 3. The van der Waals surface area contributed by atoms with Gasteiger partial charge in [0.25, 0.3) is 6.47 Å². The Morgan fingerprint density at radius 2 is 1.95 bits per heavy atom. The number of likely N-dealkylation sites (tertiary alicyclic amines) is 1. The quantitative estimate of drug-likeness (QED) is 0.347. The summed E-state index contributed by atoms with van der Waals surface area (Å²) in [4.78, 5) is 22.7. The van der Waals surface area contributed by atoms with Crippen LogP contribution < -0.4 is 5.32 Å². The van der Waals surface area contributed by atoms with Gasteiger partial charge in [-0.2, -0.15) is 13.2 Å². The molecule has 0 aliphatic carbocycles. The first kappa shape index (κ1) is 27.1. The fourth-order valence-corrected chi connectivity index (χ4v) is 5.87. The van der Waals surface area contributed by atoms with Gasteiger partial charge >= 0.3 is 6.18 Å². The highest BCUT2D eigenvalue weighted by Gasteiger charge is 2.36.